The van der Waals surface area contributed by atoms with Gasteiger partial charge in [0.15, 0.2) is 11.5 Å². The number of para-hydroxylation sites is 1. The van der Waals surface area contributed by atoms with Crippen molar-refractivity contribution in [1.29, 1.82) is 0 Å². The molecule has 1 fully saturated rings. The van der Waals surface area contributed by atoms with Gasteiger partial charge in [0.2, 0.25) is 5.91 Å². The molecule has 1 aliphatic heterocycles. The molecule has 0 saturated carbocycles. The third-order valence-corrected chi connectivity index (χ3v) is 8.80. The molecular weight excluding hydrogens is 640 g/mol. The molecule has 50 heavy (non-hydrogen) atoms. The van der Waals surface area contributed by atoms with Crippen molar-refractivity contribution in [3.63, 3.8) is 0 Å². The van der Waals surface area contributed by atoms with E-state index >= 15 is 0 Å². The summed E-state index contributed by atoms with van der Waals surface area (Å²) in [5, 5.41) is 11.5. The van der Waals surface area contributed by atoms with E-state index in [0.717, 1.165) is 41.0 Å². The van der Waals surface area contributed by atoms with E-state index in [4.69, 9.17) is 38.9 Å². The molecule has 1 saturated heterocycles. The zero-order valence-electron chi connectivity index (χ0n) is 30.0. The first kappa shape index (κ1) is 38.9. The van der Waals surface area contributed by atoms with E-state index in [1.165, 1.54) is 0 Å². The van der Waals surface area contributed by atoms with Crippen LogP contribution >= 0.6 is 0 Å². The molecule has 4 atom stereocenters. The second-order valence-electron chi connectivity index (χ2n) is 12.8. The Morgan fingerprint density at radius 2 is 1.56 bits per heavy atom. The highest BCUT2D eigenvalue weighted by molar-refractivity contribution is 5.82. The number of methoxy groups -OCH3 is 3. The molecule has 0 aliphatic carbocycles. The van der Waals surface area contributed by atoms with Crippen LogP contribution in [0.4, 0.5) is 0 Å². The second kappa shape index (κ2) is 20.1. The van der Waals surface area contributed by atoms with Crippen LogP contribution in [0.2, 0.25) is 0 Å². The molecule has 3 aromatic rings. The Bertz CT molecular complexity index is 1450. The van der Waals surface area contributed by atoms with E-state index in [2.05, 4.69) is 0 Å². The van der Waals surface area contributed by atoms with Crippen molar-refractivity contribution >= 4 is 5.91 Å². The van der Waals surface area contributed by atoms with E-state index in [9.17, 15) is 9.90 Å². The SMILES string of the molecule is COCCCOc1cc(CO[C@H]2CN(C(=O)[C@@H](N)C(C)C)C[C@@H](O)C2c2ccc(OCCCOCc3ccccc3OC)cc2)ccc1OC. The fraction of sp³-hybridized carbons (Fsp3) is 0.513. The Morgan fingerprint density at radius 1 is 0.840 bits per heavy atom. The van der Waals surface area contributed by atoms with Gasteiger partial charge >= 0.3 is 0 Å². The van der Waals surface area contributed by atoms with Crippen molar-refractivity contribution in [2.75, 3.05) is 60.8 Å². The highest BCUT2D eigenvalue weighted by Crippen LogP contribution is 2.34. The number of piperidine rings is 1. The van der Waals surface area contributed by atoms with Gasteiger partial charge in [0, 0.05) is 51.1 Å². The molecule has 1 amide bonds. The summed E-state index contributed by atoms with van der Waals surface area (Å²) in [6.45, 7) is 7.13. The molecule has 3 N–H and O–H groups in total. The van der Waals surface area contributed by atoms with Crippen LogP contribution in [0.15, 0.2) is 66.7 Å². The smallest absolute Gasteiger partial charge is 0.239 e. The number of aliphatic hydroxyl groups is 1. The van der Waals surface area contributed by atoms with Gasteiger partial charge in [-0.25, -0.2) is 0 Å². The summed E-state index contributed by atoms with van der Waals surface area (Å²) >= 11 is 0. The average molecular weight is 695 g/mol. The minimum Gasteiger partial charge on any atom is -0.496 e. The number of nitrogens with two attached hydrogens (primary N) is 1. The third kappa shape index (κ3) is 11.1. The Labute approximate surface area is 296 Å². The first-order valence-corrected chi connectivity index (χ1v) is 17.3. The van der Waals surface area contributed by atoms with Crippen molar-refractivity contribution in [2.24, 2.45) is 11.7 Å². The standard InChI is InChI=1S/C39H54N2O9/c1-27(2)38(40)39(43)41-23-32(42)37(36(24-41)50-25-28-12-17-34(46-5)35(22-28)49-21-8-18-44-3)29-13-15-31(16-14-29)48-20-9-19-47-26-30-10-6-7-11-33(30)45-4/h6-7,10-17,22,27,32,36-38,42H,8-9,18-21,23-26,40H2,1-5H3/t32-,36+,37?,38+/m1/s1. The number of β-amino-alcohol motifs (C(OH)–C–C–N with tert-alkyl or cyclic N) is 1. The summed E-state index contributed by atoms with van der Waals surface area (Å²) in [5.74, 6) is 2.16. The topological polar surface area (TPSA) is 131 Å². The molecule has 3 aromatic carbocycles. The van der Waals surface area contributed by atoms with Gasteiger partial charge in [-0.3, -0.25) is 4.79 Å². The number of nitrogens with zero attached hydrogens (tertiary/aromatic N) is 1. The number of hydrogen-bond donors (Lipinski definition) is 2. The lowest BCUT2D eigenvalue weighted by Gasteiger charge is -2.43. The van der Waals surface area contributed by atoms with Crippen LogP contribution in [-0.4, -0.2) is 95.0 Å². The van der Waals surface area contributed by atoms with Crippen molar-refractivity contribution in [3.8, 4) is 23.0 Å². The molecule has 1 aliphatic rings. The van der Waals surface area contributed by atoms with Crippen LogP contribution < -0.4 is 24.7 Å². The van der Waals surface area contributed by atoms with Crippen LogP contribution in [0, 0.1) is 5.92 Å². The Morgan fingerprint density at radius 3 is 2.28 bits per heavy atom. The Kier molecular flexibility index (Phi) is 15.6. The number of carbonyl (C=O) groups excluding carboxylic acids is 1. The third-order valence-electron chi connectivity index (χ3n) is 8.80. The van der Waals surface area contributed by atoms with Crippen LogP contribution in [0.3, 0.4) is 0 Å². The van der Waals surface area contributed by atoms with Gasteiger partial charge in [-0.1, -0.05) is 50.2 Å². The van der Waals surface area contributed by atoms with Gasteiger partial charge in [-0.15, -0.1) is 0 Å². The largest absolute Gasteiger partial charge is 0.496 e. The molecule has 11 heteroatoms. The molecule has 1 heterocycles. The van der Waals surface area contributed by atoms with E-state index in [1.54, 1.807) is 26.2 Å². The molecule has 0 bridgehead atoms. The first-order chi connectivity index (χ1) is 24.2. The fourth-order valence-corrected chi connectivity index (χ4v) is 5.92. The zero-order chi connectivity index (χ0) is 35.9. The van der Waals surface area contributed by atoms with Crippen molar-refractivity contribution in [1.82, 2.24) is 4.90 Å². The first-order valence-electron chi connectivity index (χ1n) is 17.3. The number of aliphatic hydroxyl groups excluding tert-OH is 1. The molecule has 0 spiro atoms. The summed E-state index contributed by atoms with van der Waals surface area (Å²) in [7, 11) is 4.91. The highest BCUT2D eigenvalue weighted by atomic mass is 16.5. The van der Waals surface area contributed by atoms with Crippen LogP contribution in [-0.2, 0) is 32.2 Å². The normalized spacial score (nSPS) is 18.2. The molecule has 0 radical (unpaired) electrons. The summed E-state index contributed by atoms with van der Waals surface area (Å²) in [4.78, 5) is 14.9. The number of rotatable bonds is 20. The molecule has 0 aromatic heterocycles. The summed E-state index contributed by atoms with van der Waals surface area (Å²) in [5.41, 5.74) is 9.02. The molecule has 1 unspecified atom stereocenters. The summed E-state index contributed by atoms with van der Waals surface area (Å²) in [6.07, 6.45) is 0.108. The second-order valence-corrected chi connectivity index (χ2v) is 12.8. The lowest BCUT2D eigenvalue weighted by Crippen LogP contribution is -2.57. The minimum atomic E-state index is -0.861. The van der Waals surface area contributed by atoms with Gasteiger partial charge in [0.05, 0.1) is 65.5 Å². The lowest BCUT2D eigenvalue weighted by atomic mass is 9.84. The van der Waals surface area contributed by atoms with E-state index < -0.39 is 18.2 Å². The maximum absolute atomic E-state index is 13.3. The molecule has 4 rings (SSSR count). The number of ether oxygens (including phenoxy) is 7. The zero-order valence-corrected chi connectivity index (χ0v) is 30.0. The fourth-order valence-electron chi connectivity index (χ4n) is 5.92. The Balaban J connectivity index is 1.39. The number of likely N-dealkylation sites (tertiary alicyclic amines) is 1. The molecular formula is C39H54N2O9. The lowest BCUT2D eigenvalue weighted by molar-refractivity contribution is -0.144. The predicted molar refractivity (Wildman–Crippen MR) is 191 cm³/mol. The number of carbonyl (C=O) groups is 1. The van der Waals surface area contributed by atoms with Gasteiger partial charge in [0.25, 0.3) is 0 Å². The average Bonchev–Trinajstić information content (AvgIpc) is 3.13. The van der Waals surface area contributed by atoms with Crippen LogP contribution in [0.1, 0.15) is 49.3 Å². The monoisotopic (exact) mass is 694 g/mol. The summed E-state index contributed by atoms with van der Waals surface area (Å²) in [6, 6.07) is 20.5. The molecule has 11 nitrogen and oxygen atoms in total. The maximum Gasteiger partial charge on any atom is 0.239 e. The van der Waals surface area contributed by atoms with Gasteiger partial charge in [-0.2, -0.15) is 0 Å². The summed E-state index contributed by atoms with van der Waals surface area (Å²) < 4.78 is 40.3. The van der Waals surface area contributed by atoms with Gasteiger partial charge in [-0.05, 0) is 47.4 Å². The molecule has 274 valence electrons. The quantitative estimate of drug-likeness (QED) is 0.157. The Hall–Kier alpha value is -3.87. The van der Waals surface area contributed by atoms with E-state index in [0.29, 0.717) is 51.1 Å². The highest BCUT2D eigenvalue weighted by Gasteiger charge is 2.40. The van der Waals surface area contributed by atoms with Crippen LogP contribution in [0.5, 0.6) is 23.0 Å². The predicted octanol–water partition coefficient (Wildman–Crippen LogP) is 4.96. The van der Waals surface area contributed by atoms with Crippen molar-refractivity contribution in [3.05, 3.63) is 83.4 Å². The number of hydrogen-bond acceptors (Lipinski definition) is 10. The van der Waals surface area contributed by atoms with Gasteiger partial charge < -0.3 is 48.9 Å². The van der Waals surface area contributed by atoms with E-state index in [-0.39, 0.29) is 30.9 Å². The number of benzene rings is 3. The van der Waals surface area contributed by atoms with Crippen molar-refractivity contribution < 1.29 is 43.1 Å². The minimum absolute atomic E-state index is 0.0372. The van der Waals surface area contributed by atoms with E-state index in [1.807, 2.05) is 80.6 Å². The maximum atomic E-state index is 13.3. The van der Waals surface area contributed by atoms with Gasteiger partial charge in [0.1, 0.15) is 11.5 Å². The van der Waals surface area contributed by atoms with Crippen molar-refractivity contribution in [2.45, 2.75) is 64.1 Å². The van der Waals surface area contributed by atoms with Crippen LogP contribution in [0.25, 0.3) is 0 Å². The number of amides is 1.